The molecule has 26 heavy (non-hydrogen) atoms. The van der Waals surface area contributed by atoms with E-state index in [1.54, 1.807) is 0 Å². The lowest BCUT2D eigenvalue weighted by Crippen LogP contribution is -2.50. The molecule has 2 bridgehead atoms. The molecule has 5 rings (SSSR count). The predicted octanol–water partition coefficient (Wildman–Crippen LogP) is 3.58. The minimum atomic E-state index is -0.553. The van der Waals surface area contributed by atoms with Crippen LogP contribution in [-0.2, 0) is 14.2 Å². The Morgan fingerprint density at radius 3 is 2.62 bits per heavy atom. The van der Waals surface area contributed by atoms with Crippen LogP contribution in [0, 0.1) is 17.8 Å². The van der Waals surface area contributed by atoms with E-state index in [2.05, 4.69) is 5.32 Å². The number of piperidine rings is 1. The highest BCUT2D eigenvalue weighted by atomic mass is 19.1. The zero-order valence-corrected chi connectivity index (χ0v) is 15.8. The van der Waals surface area contributed by atoms with Crippen molar-refractivity contribution in [3.8, 4) is 0 Å². The average Bonchev–Trinajstić information content (AvgIpc) is 3.28. The Labute approximate surface area is 156 Å². The number of rotatable bonds is 4. The van der Waals surface area contributed by atoms with Crippen molar-refractivity contribution in [3.63, 3.8) is 0 Å². The molecule has 5 heteroatoms. The fourth-order valence-electron chi connectivity index (χ4n) is 6.51. The number of fused-ring (bicyclic) bond motifs is 3. The molecular formula is C21H34FNO3. The van der Waals surface area contributed by atoms with Crippen molar-refractivity contribution in [1.82, 2.24) is 5.32 Å². The van der Waals surface area contributed by atoms with E-state index in [9.17, 15) is 4.39 Å². The minimum absolute atomic E-state index is 0.240. The summed E-state index contributed by atoms with van der Waals surface area (Å²) < 4.78 is 31.4. The van der Waals surface area contributed by atoms with Crippen molar-refractivity contribution < 1.29 is 18.6 Å². The summed E-state index contributed by atoms with van der Waals surface area (Å²) in [6, 6.07) is 1.31. The van der Waals surface area contributed by atoms with Gasteiger partial charge in [-0.15, -0.1) is 0 Å². The normalized spacial score (nSPS) is 51.3. The van der Waals surface area contributed by atoms with E-state index >= 15 is 0 Å². The highest BCUT2D eigenvalue weighted by Gasteiger charge is 2.45. The number of ether oxygens (including phenoxy) is 3. The molecule has 3 heterocycles. The number of hydrogen-bond donors (Lipinski definition) is 1. The first-order valence-corrected chi connectivity index (χ1v) is 11.0. The maximum atomic E-state index is 13.6. The molecule has 7 atom stereocenters. The van der Waals surface area contributed by atoms with Crippen molar-refractivity contribution in [1.29, 1.82) is 0 Å². The van der Waals surface area contributed by atoms with Gasteiger partial charge in [-0.2, -0.15) is 0 Å². The first-order chi connectivity index (χ1) is 12.8. The highest BCUT2D eigenvalue weighted by molar-refractivity contribution is 5.00. The predicted molar refractivity (Wildman–Crippen MR) is 96.6 cm³/mol. The number of nitrogens with one attached hydrogen (secondary N) is 1. The fourth-order valence-corrected chi connectivity index (χ4v) is 6.51. The van der Waals surface area contributed by atoms with E-state index in [1.807, 2.05) is 0 Å². The van der Waals surface area contributed by atoms with Gasteiger partial charge in [-0.05, 0) is 69.6 Å². The maximum absolute atomic E-state index is 13.6. The van der Waals surface area contributed by atoms with Gasteiger partial charge in [0.2, 0.25) is 0 Å². The SMILES string of the molecule is FC1CCC([C@H]2C[C@H]3CCC(N3)C2COC2CCC3OCOC3C2)CC1. The van der Waals surface area contributed by atoms with Gasteiger partial charge in [-0.25, -0.2) is 4.39 Å². The first kappa shape index (κ1) is 17.8. The molecule has 0 aromatic carbocycles. The Kier molecular flexibility index (Phi) is 5.25. The lowest BCUT2D eigenvalue weighted by atomic mass is 9.69. The summed E-state index contributed by atoms with van der Waals surface area (Å²) in [6.45, 7) is 1.32. The van der Waals surface area contributed by atoms with Crippen LogP contribution >= 0.6 is 0 Å². The van der Waals surface area contributed by atoms with Crippen LogP contribution in [0.1, 0.15) is 64.2 Å². The number of alkyl halides is 1. The Balaban J connectivity index is 1.20. The molecule has 4 nitrogen and oxygen atoms in total. The quantitative estimate of drug-likeness (QED) is 0.824. The van der Waals surface area contributed by atoms with Crippen LogP contribution in [0.5, 0.6) is 0 Å². The van der Waals surface area contributed by atoms with E-state index in [1.165, 1.54) is 19.3 Å². The van der Waals surface area contributed by atoms with Gasteiger partial charge in [-0.3, -0.25) is 0 Å². The van der Waals surface area contributed by atoms with Gasteiger partial charge in [-0.1, -0.05) is 0 Å². The third-order valence-corrected chi connectivity index (χ3v) is 7.98. The van der Waals surface area contributed by atoms with E-state index in [4.69, 9.17) is 14.2 Å². The van der Waals surface area contributed by atoms with Crippen LogP contribution in [0.15, 0.2) is 0 Å². The molecule has 5 unspecified atom stereocenters. The molecule has 5 fully saturated rings. The summed E-state index contributed by atoms with van der Waals surface area (Å²) in [4.78, 5) is 0. The summed E-state index contributed by atoms with van der Waals surface area (Å²) in [6.07, 6.45) is 11.0. The lowest BCUT2D eigenvalue weighted by Gasteiger charge is -2.44. The van der Waals surface area contributed by atoms with Crippen molar-refractivity contribution in [3.05, 3.63) is 0 Å². The van der Waals surface area contributed by atoms with E-state index in [0.29, 0.717) is 42.9 Å². The second kappa shape index (κ2) is 7.65. The molecule has 0 amide bonds. The van der Waals surface area contributed by atoms with Crippen LogP contribution in [0.3, 0.4) is 0 Å². The summed E-state index contributed by atoms with van der Waals surface area (Å²) in [5, 5.41) is 3.84. The molecular weight excluding hydrogens is 333 g/mol. The topological polar surface area (TPSA) is 39.7 Å². The largest absolute Gasteiger partial charge is 0.378 e. The second-order valence-electron chi connectivity index (χ2n) is 9.42. The molecule has 0 aromatic rings. The van der Waals surface area contributed by atoms with E-state index in [0.717, 1.165) is 57.5 Å². The van der Waals surface area contributed by atoms with Gasteiger partial charge in [0.1, 0.15) is 13.0 Å². The third kappa shape index (κ3) is 3.57. The van der Waals surface area contributed by atoms with Crippen molar-refractivity contribution >= 4 is 0 Å². The maximum Gasteiger partial charge on any atom is 0.147 e. The summed E-state index contributed by atoms with van der Waals surface area (Å²) >= 11 is 0. The Morgan fingerprint density at radius 2 is 1.73 bits per heavy atom. The van der Waals surface area contributed by atoms with Gasteiger partial charge >= 0.3 is 0 Å². The second-order valence-corrected chi connectivity index (χ2v) is 9.42. The average molecular weight is 368 g/mol. The van der Waals surface area contributed by atoms with Crippen molar-refractivity contribution in [2.75, 3.05) is 13.4 Å². The van der Waals surface area contributed by atoms with Crippen LogP contribution in [0.2, 0.25) is 0 Å². The Hall–Kier alpha value is -0.230. The zero-order valence-electron chi connectivity index (χ0n) is 15.8. The zero-order chi connectivity index (χ0) is 17.5. The smallest absolute Gasteiger partial charge is 0.147 e. The molecule has 2 saturated carbocycles. The molecule has 148 valence electrons. The van der Waals surface area contributed by atoms with Crippen LogP contribution in [0.25, 0.3) is 0 Å². The first-order valence-electron chi connectivity index (χ1n) is 11.0. The molecule has 1 N–H and O–H groups in total. The number of hydrogen-bond acceptors (Lipinski definition) is 4. The molecule has 3 aliphatic heterocycles. The van der Waals surface area contributed by atoms with Crippen LogP contribution in [0.4, 0.5) is 4.39 Å². The summed E-state index contributed by atoms with van der Waals surface area (Å²) in [5.74, 6) is 2.04. The van der Waals surface area contributed by atoms with Gasteiger partial charge in [0.25, 0.3) is 0 Å². The van der Waals surface area contributed by atoms with Gasteiger partial charge in [0.15, 0.2) is 0 Å². The van der Waals surface area contributed by atoms with Crippen molar-refractivity contribution in [2.24, 2.45) is 17.8 Å². The molecule has 2 aliphatic carbocycles. The van der Waals surface area contributed by atoms with Gasteiger partial charge < -0.3 is 19.5 Å². The monoisotopic (exact) mass is 367 g/mol. The van der Waals surface area contributed by atoms with Crippen LogP contribution < -0.4 is 5.32 Å². The minimum Gasteiger partial charge on any atom is -0.378 e. The van der Waals surface area contributed by atoms with Gasteiger partial charge in [0.05, 0.1) is 24.9 Å². The third-order valence-electron chi connectivity index (χ3n) is 7.98. The lowest BCUT2D eigenvalue weighted by molar-refractivity contribution is -0.0591. The molecule has 5 aliphatic rings. The summed E-state index contributed by atoms with van der Waals surface area (Å²) in [7, 11) is 0. The molecule has 0 radical (unpaired) electrons. The highest BCUT2D eigenvalue weighted by Crippen LogP contribution is 2.45. The van der Waals surface area contributed by atoms with Crippen LogP contribution in [-0.4, -0.2) is 50.0 Å². The number of halogens is 1. The van der Waals surface area contributed by atoms with Crippen molar-refractivity contribution in [2.45, 2.75) is 101 Å². The van der Waals surface area contributed by atoms with E-state index < -0.39 is 6.17 Å². The molecule has 0 spiro atoms. The Bertz CT molecular complexity index is 484. The summed E-state index contributed by atoms with van der Waals surface area (Å²) in [5.41, 5.74) is 0. The standard InChI is InChI=1S/C21H34FNO3/c22-14-3-1-13(2-4-14)17-9-15-5-7-19(23-15)18(17)11-24-16-6-8-20-21(10-16)26-12-25-20/h13-21,23H,1-12H2/t13?,14?,15-,16?,17-,18?,19?,20?,21?/m1/s1. The molecule has 0 aromatic heterocycles. The fraction of sp³-hybridized carbons (Fsp3) is 1.00. The Morgan fingerprint density at radius 1 is 0.885 bits per heavy atom. The van der Waals surface area contributed by atoms with Gasteiger partial charge in [0, 0.05) is 24.4 Å². The molecule has 3 saturated heterocycles. The van der Waals surface area contributed by atoms with E-state index in [-0.39, 0.29) is 6.10 Å².